The summed E-state index contributed by atoms with van der Waals surface area (Å²) < 4.78 is 16.3. The third-order valence-corrected chi connectivity index (χ3v) is 3.40. The maximum Gasteiger partial charge on any atom is 0.338 e. The van der Waals surface area contributed by atoms with Crippen LogP contribution in [0.5, 0.6) is 11.5 Å². The van der Waals surface area contributed by atoms with Gasteiger partial charge in [0.1, 0.15) is 0 Å². The Hall–Kier alpha value is -1.75. The second-order valence-electron chi connectivity index (χ2n) is 6.12. The molecular formula is C17H24O5. The van der Waals surface area contributed by atoms with Crippen LogP contribution in [0.3, 0.4) is 0 Å². The van der Waals surface area contributed by atoms with Crippen LogP contribution in [-0.4, -0.2) is 36.5 Å². The van der Waals surface area contributed by atoms with Crippen molar-refractivity contribution in [1.29, 1.82) is 0 Å². The molecule has 2 rings (SSSR count). The molecule has 1 aliphatic heterocycles. The topological polar surface area (TPSA) is 65.0 Å². The van der Waals surface area contributed by atoms with Gasteiger partial charge >= 0.3 is 5.97 Å². The molecule has 0 saturated heterocycles. The lowest BCUT2D eigenvalue weighted by molar-refractivity contribution is 0.0466. The van der Waals surface area contributed by atoms with Crippen molar-refractivity contribution < 1.29 is 24.1 Å². The van der Waals surface area contributed by atoms with Crippen molar-refractivity contribution >= 4 is 5.97 Å². The Morgan fingerprint density at radius 3 is 2.68 bits per heavy atom. The molecule has 1 aromatic carbocycles. The van der Waals surface area contributed by atoms with Gasteiger partial charge in [-0.15, -0.1) is 0 Å². The van der Waals surface area contributed by atoms with E-state index in [1.165, 1.54) is 0 Å². The van der Waals surface area contributed by atoms with E-state index >= 15 is 0 Å². The van der Waals surface area contributed by atoms with Crippen molar-refractivity contribution in [3.63, 3.8) is 0 Å². The highest BCUT2D eigenvalue weighted by atomic mass is 16.5. The summed E-state index contributed by atoms with van der Waals surface area (Å²) in [6.45, 7) is 5.11. The van der Waals surface area contributed by atoms with Crippen molar-refractivity contribution in [3.8, 4) is 11.5 Å². The van der Waals surface area contributed by atoms with Gasteiger partial charge in [-0.05, 0) is 51.3 Å². The Balaban J connectivity index is 1.81. The van der Waals surface area contributed by atoms with Crippen LogP contribution >= 0.6 is 0 Å². The van der Waals surface area contributed by atoms with Crippen molar-refractivity contribution in [1.82, 2.24) is 0 Å². The molecular weight excluding hydrogens is 284 g/mol. The van der Waals surface area contributed by atoms with E-state index in [0.717, 1.165) is 19.3 Å². The number of carbonyl (C=O) groups is 1. The van der Waals surface area contributed by atoms with Gasteiger partial charge in [-0.25, -0.2) is 4.79 Å². The average molecular weight is 308 g/mol. The highest BCUT2D eigenvalue weighted by Crippen LogP contribution is 2.30. The van der Waals surface area contributed by atoms with E-state index in [9.17, 15) is 9.90 Å². The van der Waals surface area contributed by atoms with Crippen LogP contribution in [-0.2, 0) is 4.74 Å². The zero-order valence-corrected chi connectivity index (χ0v) is 13.3. The van der Waals surface area contributed by atoms with E-state index in [2.05, 4.69) is 0 Å². The predicted molar refractivity (Wildman–Crippen MR) is 82.5 cm³/mol. The van der Waals surface area contributed by atoms with Crippen LogP contribution in [0.25, 0.3) is 0 Å². The van der Waals surface area contributed by atoms with Crippen LogP contribution in [0, 0.1) is 0 Å². The summed E-state index contributed by atoms with van der Waals surface area (Å²) in [5.41, 5.74) is -0.204. The molecule has 0 aromatic heterocycles. The van der Waals surface area contributed by atoms with Gasteiger partial charge < -0.3 is 19.3 Å². The third-order valence-electron chi connectivity index (χ3n) is 3.40. The summed E-state index contributed by atoms with van der Waals surface area (Å²) in [7, 11) is 0. The third kappa shape index (κ3) is 5.22. The first kappa shape index (κ1) is 16.6. The van der Waals surface area contributed by atoms with Crippen LogP contribution in [0.2, 0.25) is 0 Å². The molecule has 0 spiro atoms. The Morgan fingerprint density at radius 1 is 1.23 bits per heavy atom. The number of hydrogen-bond donors (Lipinski definition) is 1. The lowest BCUT2D eigenvalue weighted by Gasteiger charge is -2.16. The molecule has 0 radical (unpaired) electrons. The number of benzene rings is 1. The van der Waals surface area contributed by atoms with Crippen LogP contribution < -0.4 is 9.47 Å². The van der Waals surface area contributed by atoms with Gasteiger partial charge in [0.05, 0.1) is 31.0 Å². The van der Waals surface area contributed by atoms with E-state index in [-0.39, 0.29) is 5.97 Å². The summed E-state index contributed by atoms with van der Waals surface area (Å²) in [6, 6.07) is 5.10. The standard InChI is InChI=1S/C17H24O5/c1-17(2,19)8-3-4-9-22-16(18)13-6-7-14-15(12-13)21-11-5-10-20-14/h6-7,12,19H,3-5,8-11H2,1-2H3. The van der Waals surface area contributed by atoms with Crippen LogP contribution in [0.15, 0.2) is 18.2 Å². The molecule has 22 heavy (non-hydrogen) atoms. The fourth-order valence-corrected chi connectivity index (χ4v) is 2.20. The molecule has 0 amide bonds. The molecule has 5 nitrogen and oxygen atoms in total. The highest BCUT2D eigenvalue weighted by Gasteiger charge is 2.15. The van der Waals surface area contributed by atoms with Crippen molar-refractivity contribution in [3.05, 3.63) is 23.8 Å². The number of aliphatic hydroxyl groups is 1. The second kappa shape index (κ2) is 7.49. The van der Waals surface area contributed by atoms with Gasteiger partial charge in [-0.2, -0.15) is 0 Å². The zero-order valence-electron chi connectivity index (χ0n) is 13.3. The van der Waals surface area contributed by atoms with E-state index in [1.807, 2.05) is 0 Å². The maximum atomic E-state index is 12.0. The quantitative estimate of drug-likeness (QED) is 0.646. The molecule has 5 heteroatoms. The minimum atomic E-state index is -0.668. The lowest BCUT2D eigenvalue weighted by Crippen LogP contribution is -2.18. The van der Waals surface area contributed by atoms with Crippen LogP contribution in [0.1, 0.15) is 49.9 Å². The molecule has 122 valence electrons. The Bertz CT molecular complexity index is 504. The molecule has 0 aliphatic carbocycles. The summed E-state index contributed by atoms with van der Waals surface area (Å²) >= 11 is 0. The first-order valence-electron chi connectivity index (χ1n) is 7.75. The van der Waals surface area contributed by atoms with E-state index in [4.69, 9.17) is 14.2 Å². The van der Waals surface area contributed by atoms with Gasteiger partial charge in [-0.3, -0.25) is 0 Å². The fraction of sp³-hybridized carbons (Fsp3) is 0.588. The van der Waals surface area contributed by atoms with Gasteiger partial charge in [-0.1, -0.05) is 0 Å². The molecule has 0 atom stereocenters. The second-order valence-corrected chi connectivity index (χ2v) is 6.12. The van der Waals surface area contributed by atoms with E-state index in [0.29, 0.717) is 43.3 Å². The molecule has 0 bridgehead atoms. The van der Waals surface area contributed by atoms with Crippen LogP contribution in [0.4, 0.5) is 0 Å². The summed E-state index contributed by atoms with van der Waals surface area (Å²) in [4.78, 5) is 12.0. The lowest BCUT2D eigenvalue weighted by atomic mass is 10.0. The summed E-state index contributed by atoms with van der Waals surface area (Å²) in [5.74, 6) is 0.895. The molecule has 1 aliphatic rings. The number of esters is 1. The molecule has 0 saturated carbocycles. The van der Waals surface area contributed by atoms with Gasteiger partial charge in [0.2, 0.25) is 0 Å². The SMILES string of the molecule is CC(C)(O)CCCCOC(=O)c1ccc2c(c1)OCCCO2. The monoisotopic (exact) mass is 308 g/mol. The normalized spacial score (nSPS) is 14.3. The first-order chi connectivity index (χ1) is 10.5. The first-order valence-corrected chi connectivity index (χ1v) is 7.75. The van der Waals surface area contributed by atoms with E-state index in [1.54, 1.807) is 32.0 Å². The smallest absolute Gasteiger partial charge is 0.338 e. The Morgan fingerprint density at radius 2 is 1.95 bits per heavy atom. The van der Waals surface area contributed by atoms with Gasteiger partial charge in [0, 0.05) is 6.42 Å². The zero-order chi connectivity index (χ0) is 16.0. The van der Waals surface area contributed by atoms with Crippen molar-refractivity contribution in [2.24, 2.45) is 0 Å². The number of rotatable bonds is 6. The Labute approximate surface area is 131 Å². The summed E-state index contributed by atoms with van der Waals surface area (Å²) in [6.07, 6.45) is 3.07. The van der Waals surface area contributed by atoms with Gasteiger partial charge in [0.25, 0.3) is 0 Å². The molecule has 0 fully saturated rings. The average Bonchev–Trinajstić information content (AvgIpc) is 2.69. The fourth-order valence-electron chi connectivity index (χ4n) is 2.20. The minimum Gasteiger partial charge on any atom is -0.490 e. The predicted octanol–water partition coefficient (Wildman–Crippen LogP) is 2.95. The van der Waals surface area contributed by atoms with Crippen molar-refractivity contribution in [2.45, 2.75) is 45.1 Å². The number of unbranched alkanes of at least 4 members (excludes halogenated alkanes) is 1. The number of hydrogen-bond acceptors (Lipinski definition) is 5. The number of carbonyl (C=O) groups excluding carboxylic acids is 1. The molecule has 1 heterocycles. The largest absolute Gasteiger partial charge is 0.490 e. The van der Waals surface area contributed by atoms with E-state index < -0.39 is 5.60 Å². The number of fused-ring (bicyclic) bond motifs is 1. The maximum absolute atomic E-state index is 12.0. The molecule has 1 aromatic rings. The number of ether oxygens (including phenoxy) is 3. The van der Waals surface area contributed by atoms with Gasteiger partial charge in [0.15, 0.2) is 11.5 Å². The molecule has 1 N–H and O–H groups in total. The minimum absolute atomic E-state index is 0.351. The summed E-state index contributed by atoms with van der Waals surface area (Å²) in [5, 5.41) is 9.61. The molecule has 0 unspecified atom stereocenters. The highest BCUT2D eigenvalue weighted by molar-refractivity contribution is 5.90. The van der Waals surface area contributed by atoms with Crippen molar-refractivity contribution in [2.75, 3.05) is 19.8 Å². The Kier molecular flexibility index (Phi) is 5.66.